The van der Waals surface area contributed by atoms with E-state index in [9.17, 15) is 0 Å². The molecule has 0 bridgehead atoms. The van der Waals surface area contributed by atoms with Gasteiger partial charge in [-0.05, 0) is 56.7 Å². The molecule has 1 aromatic rings. The zero-order valence-corrected chi connectivity index (χ0v) is 11.4. The first-order valence-corrected chi connectivity index (χ1v) is 7.33. The minimum absolute atomic E-state index is 0.116. The van der Waals surface area contributed by atoms with Gasteiger partial charge >= 0.3 is 0 Å². The van der Waals surface area contributed by atoms with Crippen molar-refractivity contribution in [1.82, 2.24) is 4.90 Å². The quantitative estimate of drug-likeness (QED) is 0.866. The summed E-state index contributed by atoms with van der Waals surface area (Å²) in [6.07, 6.45) is 6.37. The van der Waals surface area contributed by atoms with Crippen LogP contribution in [0, 0.1) is 0 Å². The highest BCUT2D eigenvalue weighted by atomic mass is 15.2. The third kappa shape index (κ3) is 1.70. The first kappa shape index (κ1) is 12.2. The van der Waals surface area contributed by atoms with Crippen LogP contribution in [0.5, 0.6) is 0 Å². The summed E-state index contributed by atoms with van der Waals surface area (Å²) in [5.74, 6) is 0. The molecule has 18 heavy (non-hydrogen) atoms. The van der Waals surface area contributed by atoms with Gasteiger partial charge in [-0.2, -0.15) is 0 Å². The Morgan fingerprint density at radius 1 is 1.33 bits per heavy atom. The van der Waals surface area contributed by atoms with E-state index in [2.05, 4.69) is 36.1 Å². The molecule has 1 heterocycles. The Kier molecular flexibility index (Phi) is 3.16. The van der Waals surface area contributed by atoms with Crippen molar-refractivity contribution in [3.63, 3.8) is 0 Å². The molecule has 2 unspecified atom stereocenters. The van der Waals surface area contributed by atoms with Crippen molar-refractivity contribution >= 4 is 0 Å². The van der Waals surface area contributed by atoms with Crippen LogP contribution in [-0.4, -0.2) is 24.0 Å². The zero-order chi connectivity index (χ0) is 12.6. The normalized spacial score (nSPS) is 32.4. The van der Waals surface area contributed by atoms with Gasteiger partial charge in [0.25, 0.3) is 0 Å². The summed E-state index contributed by atoms with van der Waals surface area (Å²) in [7, 11) is 0. The SMILES string of the molecule is CC1CCCN1C1(CN)CCCc2ccccc21. The predicted octanol–water partition coefficient (Wildman–Crippen LogP) is 2.66. The standard InChI is InChI=1S/C16H24N2/c1-13-6-5-11-18(13)16(12-17)10-4-8-14-7-2-3-9-15(14)16/h2-3,7,9,13H,4-6,8,10-12,17H2,1H3. The molecular weight excluding hydrogens is 220 g/mol. The number of rotatable bonds is 2. The molecule has 2 aliphatic rings. The van der Waals surface area contributed by atoms with Gasteiger partial charge in [-0.15, -0.1) is 0 Å². The van der Waals surface area contributed by atoms with Gasteiger partial charge in [0.2, 0.25) is 0 Å². The van der Waals surface area contributed by atoms with E-state index in [4.69, 9.17) is 5.73 Å². The molecule has 1 saturated heterocycles. The Labute approximate surface area is 110 Å². The Balaban J connectivity index is 2.07. The Morgan fingerprint density at radius 3 is 2.89 bits per heavy atom. The number of hydrogen-bond donors (Lipinski definition) is 1. The average molecular weight is 244 g/mol. The van der Waals surface area contributed by atoms with Crippen LogP contribution in [-0.2, 0) is 12.0 Å². The maximum Gasteiger partial charge on any atom is 0.0588 e. The molecule has 2 N–H and O–H groups in total. The number of nitrogens with two attached hydrogens (primary N) is 1. The van der Waals surface area contributed by atoms with Crippen LogP contribution in [0.4, 0.5) is 0 Å². The molecule has 2 atom stereocenters. The summed E-state index contributed by atoms with van der Waals surface area (Å²) in [6.45, 7) is 4.34. The average Bonchev–Trinajstić information content (AvgIpc) is 2.85. The maximum absolute atomic E-state index is 6.25. The van der Waals surface area contributed by atoms with E-state index >= 15 is 0 Å². The van der Waals surface area contributed by atoms with Gasteiger partial charge in [0, 0.05) is 12.6 Å². The van der Waals surface area contributed by atoms with E-state index in [1.165, 1.54) is 49.8 Å². The molecule has 1 aliphatic heterocycles. The second-order valence-electron chi connectivity index (χ2n) is 5.93. The molecule has 0 spiro atoms. The summed E-state index contributed by atoms with van der Waals surface area (Å²) >= 11 is 0. The van der Waals surface area contributed by atoms with Crippen molar-refractivity contribution in [2.45, 2.75) is 50.6 Å². The number of aryl methyl sites for hydroxylation is 1. The third-order valence-corrected chi connectivity index (χ3v) is 5.00. The van der Waals surface area contributed by atoms with E-state index < -0.39 is 0 Å². The number of nitrogens with zero attached hydrogens (tertiary/aromatic N) is 1. The van der Waals surface area contributed by atoms with Crippen LogP contribution in [0.3, 0.4) is 0 Å². The zero-order valence-electron chi connectivity index (χ0n) is 11.4. The van der Waals surface area contributed by atoms with Crippen LogP contribution < -0.4 is 5.73 Å². The van der Waals surface area contributed by atoms with Crippen LogP contribution >= 0.6 is 0 Å². The van der Waals surface area contributed by atoms with Gasteiger partial charge in [0.15, 0.2) is 0 Å². The van der Waals surface area contributed by atoms with Crippen molar-refractivity contribution in [2.75, 3.05) is 13.1 Å². The van der Waals surface area contributed by atoms with Crippen molar-refractivity contribution in [2.24, 2.45) is 5.73 Å². The summed E-state index contributed by atoms with van der Waals surface area (Å²) in [6, 6.07) is 9.62. The fourth-order valence-electron chi connectivity index (χ4n) is 4.09. The number of likely N-dealkylation sites (tertiary alicyclic amines) is 1. The van der Waals surface area contributed by atoms with Crippen LogP contribution in [0.15, 0.2) is 24.3 Å². The lowest BCUT2D eigenvalue weighted by atomic mass is 9.75. The van der Waals surface area contributed by atoms with E-state index in [0.717, 1.165) is 6.54 Å². The second kappa shape index (κ2) is 4.67. The molecule has 2 nitrogen and oxygen atoms in total. The van der Waals surface area contributed by atoms with Crippen molar-refractivity contribution in [3.05, 3.63) is 35.4 Å². The highest BCUT2D eigenvalue weighted by Crippen LogP contribution is 2.42. The summed E-state index contributed by atoms with van der Waals surface area (Å²) in [5.41, 5.74) is 9.40. The summed E-state index contributed by atoms with van der Waals surface area (Å²) < 4.78 is 0. The van der Waals surface area contributed by atoms with Crippen LogP contribution in [0.25, 0.3) is 0 Å². The molecule has 1 fully saturated rings. The topological polar surface area (TPSA) is 29.3 Å². The van der Waals surface area contributed by atoms with E-state index in [-0.39, 0.29) is 5.54 Å². The van der Waals surface area contributed by atoms with Gasteiger partial charge in [-0.25, -0.2) is 0 Å². The van der Waals surface area contributed by atoms with E-state index in [0.29, 0.717) is 6.04 Å². The van der Waals surface area contributed by atoms with E-state index in [1.54, 1.807) is 0 Å². The van der Waals surface area contributed by atoms with Crippen molar-refractivity contribution in [1.29, 1.82) is 0 Å². The first-order valence-electron chi connectivity index (χ1n) is 7.33. The van der Waals surface area contributed by atoms with E-state index in [1.807, 2.05) is 0 Å². The molecule has 0 amide bonds. The Hall–Kier alpha value is -0.860. The van der Waals surface area contributed by atoms with Gasteiger partial charge < -0.3 is 5.73 Å². The molecule has 3 rings (SSSR count). The smallest absolute Gasteiger partial charge is 0.0588 e. The van der Waals surface area contributed by atoms with Crippen LogP contribution in [0.1, 0.15) is 43.7 Å². The lowest BCUT2D eigenvalue weighted by Crippen LogP contribution is -2.54. The molecule has 1 aromatic carbocycles. The van der Waals surface area contributed by atoms with Gasteiger partial charge in [-0.3, -0.25) is 4.90 Å². The van der Waals surface area contributed by atoms with Gasteiger partial charge in [0.05, 0.1) is 5.54 Å². The van der Waals surface area contributed by atoms with Gasteiger partial charge in [0.1, 0.15) is 0 Å². The lowest BCUT2D eigenvalue weighted by Gasteiger charge is -2.47. The third-order valence-electron chi connectivity index (χ3n) is 5.00. The fourth-order valence-corrected chi connectivity index (χ4v) is 4.09. The maximum atomic E-state index is 6.25. The Bertz CT molecular complexity index is 429. The van der Waals surface area contributed by atoms with Crippen molar-refractivity contribution < 1.29 is 0 Å². The van der Waals surface area contributed by atoms with Crippen molar-refractivity contribution in [3.8, 4) is 0 Å². The second-order valence-corrected chi connectivity index (χ2v) is 5.93. The largest absolute Gasteiger partial charge is 0.328 e. The molecule has 98 valence electrons. The highest BCUT2D eigenvalue weighted by molar-refractivity contribution is 5.37. The molecular formula is C16H24N2. The highest BCUT2D eigenvalue weighted by Gasteiger charge is 2.43. The monoisotopic (exact) mass is 244 g/mol. The lowest BCUT2D eigenvalue weighted by molar-refractivity contribution is 0.0677. The molecule has 0 aromatic heterocycles. The minimum atomic E-state index is 0.116. The number of hydrogen-bond acceptors (Lipinski definition) is 2. The molecule has 2 heteroatoms. The number of benzene rings is 1. The van der Waals surface area contributed by atoms with Crippen LogP contribution in [0.2, 0.25) is 0 Å². The summed E-state index contributed by atoms with van der Waals surface area (Å²) in [4.78, 5) is 2.69. The first-order chi connectivity index (χ1) is 8.78. The minimum Gasteiger partial charge on any atom is -0.328 e. The molecule has 0 saturated carbocycles. The summed E-state index contributed by atoms with van der Waals surface area (Å²) in [5, 5.41) is 0. The van der Waals surface area contributed by atoms with Gasteiger partial charge in [-0.1, -0.05) is 24.3 Å². The molecule has 1 aliphatic carbocycles. The fraction of sp³-hybridized carbons (Fsp3) is 0.625. The Morgan fingerprint density at radius 2 is 2.17 bits per heavy atom. The molecule has 0 radical (unpaired) electrons. The number of fused-ring (bicyclic) bond motifs is 1. The predicted molar refractivity (Wildman–Crippen MR) is 75.5 cm³/mol.